The molecule has 8 rings (SSSR count). The maximum Gasteiger partial charge on any atom is 0.160 e. The molecule has 2 aromatic heterocycles. The minimum absolute atomic E-state index is 0.702. The van der Waals surface area contributed by atoms with Gasteiger partial charge in [-0.15, -0.1) is 0 Å². The number of hydrogen-bond donors (Lipinski definition) is 0. The Bertz CT molecular complexity index is 2260. The summed E-state index contributed by atoms with van der Waals surface area (Å²) in [6.07, 6.45) is 3.73. The Kier molecular flexibility index (Phi) is 6.47. The molecule has 8 aromatic rings. The van der Waals surface area contributed by atoms with E-state index in [4.69, 9.17) is 9.97 Å². The molecule has 0 amide bonds. The number of rotatable bonds is 5. The normalized spacial score (nSPS) is 11.2. The summed E-state index contributed by atoms with van der Waals surface area (Å²) >= 11 is 0. The average molecular weight is 562 g/mol. The van der Waals surface area contributed by atoms with Crippen molar-refractivity contribution in [1.82, 2.24) is 15.0 Å². The van der Waals surface area contributed by atoms with E-state index < -0.39 is 0 Å². The van der Waals surface area contributed by atoms with Crippen molar-refractivity contribution in [2.24, 2.45) is 0 Å². The predicted octanol–water partition coefficient (Wildman–Crippen LogP) is 10.5. The first-order valence-corrected chi connectivity index (χ1v) is 14.8. The average Bonchev–Trinajstić information content (AvgIpc) is 3.11. The molecule has 0 spiro atoms. The van der Waals surface area contributed by atoms with Crippen LogP contribution in [0, 0.1) is 0 Å². The number of benzene rings is 6. The molecule has 0 saturated heterocycles. The fourth-order valence-corrected chi connectivity index (χ4v) is 6.15. The first-order valence-electron chi connectivity index (χ1n) is 14.8. The standard InChI is InChI=1S/C41H27N3/c1-3-12-28(13-4-1)33-21-9-16-29-17-10-22-37(40(29)33)39-26-38(43-41(44-39)30-14-5-2-6-15-30)36-24-23-32(31-18-11-25-42-27-31)34-19-7-8-20-35(34)36/h1-27H. The fraction of sp³-hybridized carbons (Fsp3) is 0. The predicted molar refractivity (Wildman–Crippen MR) is 182 cm³/mol. The second kappa shape index (κ2) is 11.0. The lowest BCUT2D eigenvalue weighted by atomic mass is 9.92. The van der Waals surface area contributed by atoms with Crippen molar-refractivity contribution in [1.29, 1.82) is 0 Å². The van der Waals surface area contributed by atoms with E-state index in [0.717, 1.165) is 50.0 Å². The summed E-state index contributed by atoms with van der Waals surface area (Å²) in [6.45, 7) is 0. The largest absolute Gasteiger partial charge is 0.264 e. The van der Waals surface area contributed by atoms with E-state index in [0.29, 0.717) is 5.82 Å². The van der Waals surface area contributed by atoms with Gasteiger partial charge in [-0.3, -0.25) is 4.98 Å². The van der Waals surface area contributed by atoms with Gasteiger partial charge < -0.3 is 0 Å². The Balaban J connectivity index is 1.40. The third-order valence-electron chi connectivity index (χ3n) is 8.20. The molecule has 0 saturated carbocycles. The van der Waals surface area contributed by atoms with Crippen molar-refractivity contribution >= 4 is 21.5 Å². The van der Waals surface area contributed by atoms with E-state index in [1.54, 1.807) is 0 Å². The summed E-state index contributed by atoms with van der Waals surface area (Å²) in [5.74, 6) is 0.702. The SMILES string of the molecule is c1ccc(-c2nc(-c3ccc(-c4cccnc4)c4ccccc34)cc(-c3cccc4cccc(-c5ccccc5)c34)n2)cc1. The lowest BCUT2D eigenvalue weighted by molar-refractivity contribution is 1.19. The number of fused-ring (bicyclic) bond motifs is 2. The number of hydrogen-bond acceptors (Lipinski definition) is 3. The zero-order valence-corrected chi connectivity index (χ0v) is 23.9. The number of pyridine rings is 1. The molecule has 0 N–H and O–H groups in total. The Hall–Kier alpha value is -5.93. The summed E-state index contributed by atoms with van der Waals surface area (Å²) in [4.78, 5) is 14.8. The summed E-state index contributed by atoms with van der Waals surface area (Å²) < 4.78 is 0. The molecule has 0 atom stereocenters. The monoisotopic (exact) mass is 561 g/mol. The lowest BCUT2D eigenvalue weighted by Crippen LogP contribution is -1.97. The molecule has 206 valence electrons. The van der Waals surface area contributed by atoms with Gasteiger partial charge in [0.25, 0.3) is 0 Å². The fourth-order valence-electron chi connectivity index (χ4n) is 6.15. The van der Waals surface area contributed by atoms with E-state index in [1.165, 1.54) is 21.9 Å². The summed E-state index contributed by atoms with van der Waals surface area (Å²) in [5, 5.41) is 4.66. The Morgan fingerprint density at radius 2 is 0.977 bits per heavy atom. The van der Waals surface area contributed by atoms with Crippen molar-refractivity contribution in [3.05, 3.63) is 164 Å². The highest BCUT2D eigenvalue weighted by atomic mass is 14.9. The first-order chi connectivity index (χ1) is 21.8. The molecule has 6 aromatic carbocycles. The van der Waals surface area contributed by atoms with Gasteiger partial charge in [-0.2, -0.15) is 0 Å². The van der Waals surface area contributed by atoms with E-state index in [1.807, 2.05) is 36.7 Å². The molecule has 3 heteroatoms. The van der Waals surface area contributed by atoms with Gasteiger partial charge in [-0.1, -0.05) is 140 Å². The molecule has 0 aliphatic rings. The molecule has 0 radical (unpaired) electrons. The quantitative estimate of drug-likeness (QED) is 0.210. The molecule has 0 aliphatic heterocycles. The number of nitrogens with zero attached hydrogens (tertiary/aromatic N) is 3. The minimum atomic E-state index is 0.702. The van der Waals surface area contributed by atoms with Crippen molar-refractivity contribution in [3.8, 4) is 56.2 Å². The first kappa shape index (κ1) is 25.8. The highest BCUT2D eigenvalue weighted by Gasteiger charge is 2.17. The number of aromatic nitrogens is 3. The minimum Gasteiger partial charge on any atom is -0.264 e. The summed E-state index contributed by atoms with van der Waals surface area (Å²) in [5.41, 5.74) is 9.52. The van der Waals surface area contributed by atoms with Crippen molar-refractivity contribution in [3.63, 3.8) is 0 Å². The summed E-state index contributed by atoms with van der Waals surface area (Å²) in [7, 11) is 0. The summed E-state index contributed by atoms with van der Waals surface area (Å²) in [6, 6.07) is 53.0. The van der Waals surface area contributed by atoms with Crippen molar-refractivity contribution in [2.45, 2.75) is 0 Å². The van der Waals surface area contributed by atoms with Crippen LogP contribution in [0.1, 0.15) is 0 Å². The molecule has 0 unspecified atom stereocenters. The van der Waals surface area contributed by atoms with Crippen molar-refractivity contribution in [2.75, 3.05) is 0 Å². The lowest BCUT2D eigenvalue weighted by Gasteiger charge is -2.15. The van der Waals surface area contributed by atoms with Crippen LogP contribution in [0.25, 0.3) is 77.7 Å². The van der Waals surface area contributed by atoms with Gasteiger partial charge >= 0.3 is 0 Å². The third kappa shape index (κ3) is 4.61. The Morgan fingerprint density at radius 1 is 0.386 bits per heavy atom. The van der Waals surface area contributed by atoms with Gasteiger partial charge in [-0.25, -0.2) is 9.97 Å². The second-order valence-corrected chi connectivity index (χ2v) is 10.9. The van der Waals surface area contributed by atoms with Crippen molar-refractivity contribution < 1.29 is 0 Å². The van der Waals surface area contributed by atoms with Crippen LogP contribution in [0.15, 0.2) is 164 Å². The van der Waals surface area contributed by atoms with Gasteiger partial charge in [0.15, 0.2) is 5.82 Å². The topological polar surface area (TPSA) is 38.7 Å². The highest BCUT2D eigenvalue weighted by molar-refractivity contribution is 6.07. The molecule has 44 heavy (non-hydrogen) atoms. The van der Waals surface area contributed by atoms with Gasteiger partial charge in [0.05, 0.1) is 11.4 Å². The maximum atomic E-state index is 5.21. The molecular weight excluding hydrogens is 534 g/mol. The van der Waals surface area contributed by atoms with Crippen LogP contribution >= 0.6 is 0 Å². The van der Waals surface area contributed by atoms with Crippen LogP contribution in [0.5, 0.6) is 0 Å². The Labute approximate surface area is 256 Å². The van der Waals surface area contributed by atoms with Crippen LogP contribution < -0.4 is 0 Å². The zero-order valence-electron chi connectivity index (χ0n) is 23.9. The molecular formula is C41H27N3. The van der Waals surface area contributed by atoms with Crippen LogP contribution in [0.4, 0.5) is 0 Å². The smallest absolute Gasteiger partial charge is 0.160 e. The van der Waals surface area contributed by atoms with Crippen LogP contribution in [0.3, 0.4) is 0 Å². The van der Waals surface area contributed by atoms with E-state index in [9.17, 15) is 0 Å². The van der Waals surface area contributed by atoms with Crippen LogP contribution in [0.2, 0.25) is 0 Å². The van der Waals surface area contributed by atoms with E-state index in [-0.39, 0.29) is 0 Å². The molecule has 0 aliphatic carbocycles. The third-order valence-corrected chi connectivity index (χ3v) is 8.20. The van der Waals surface area contributed by atoms with Crippen LogP contribution in [-0.4, -0.2) is 15.0 Å². The van der Waals surface area contributed by atoms with E-state index in [2.05, 4.69) is 132 Å². The van der Waals surface area contributed by atoms with Gasteiger partial charge in [-0.05, 0) is 50.4 Å². The highest BCUT2D eigenvalue weighted by Crippen LogP contribution is 2.39. The maximum absolute atomic E-state index is 5.21. The molecule has 0 fully saturated rings. The molecule has 3 nitrogen and oxygen atoms in total. The van der Waals surface area contributed by atoms with Gasteiger partial charge in [0.1, 0.15) is 0 Å². The van der Waals surface area contributed by atoms with E-state index >= 15 is 0 Å². The zero-order chi connectivity index (χ0) is 29.3. The molecule has 0 bridgehead atoms. The second-order valence-electron chi connectivity index (χ2n) is 10.9. The van der Waals surface area contributed by atoms with Gasteiger partial charge in [0, 0.05) is 34.6 Å². The van der Waals surface area contributed by atoms with Crippen LogP contribution in [-0.2, 0) is 0 Å². The van der Waals surface area contributed by atoms with Gasteiger partial charge in [0.2, 0.25) is 0 Å². The Morgan fingerprint density at radius 3 is 1.68 bits per heavy atom. The molecule has 2 heterocycles.